The average molecular weight is 431 g/mol. The molecule has 0 saturated heterocycles. The predicted molar refractivity (Wildman–Crippen MR) is 99.9 cm³/mol. The third kappa shape index (κ3) is 5.70. The molecule has 1 aromatic carbocycles. The summed E-state index contributed by atoms with van der Waals surface area (Å²) in [7, 11) is 0. The van der Waals surface area contributed by atoms with Gasteiger partial charge in [-0.05, 0) is 43.5 Å². The highest BCUT2D eigenvalue weighted by Gasteiger charge is 2.32. The number of alkyl halides is 3. The second-order valence-electron chi connectivity index (χ2n) is 6.75. The largest absolute Gasteiger partial charge is 0.573 e. The fourth-order valence-corrected chi connectivity index (χ4v) is 3.45. The lowest BCUT2D eigenvalue weighted by Crippen LogP contribution is -2.39. The van der Waals surface area contributed by atoms with Gasteiger partial charge in [0.2, 0.25) is 5.91 Å². The summed E-state index contributed by atoms with van der Waals surface area (Å²) in [6, 6.07) is 4.92. The van der Waals surface area contributed by atoms with Crippen LogP contribution in [-0.2, 0) is 11.2 Å². The van der Waals surface area contributed by atoms with Gasteiger partial charge in [-0.25, -0.2) is 5.10 Å². The Morgan fingerprint density at radius 1 is 1.38 bits per heavy atom. The number of carbonyl (C=O) groups is 1. The molecule has 2 atom stereocenters. The molecular formula is C18H18ClF3N4O3. The zero-order valence-electron chi connectivity index (χ0n) is 15.3. The van der Waals surface area contributed by atoms with Gasteiger partial charge in [-0.15, -0.1) is 13.2 Å². The number of amides is 1. The molecule has 0 aliphatic carbocycles. The van der Waals surface area contributed by atoms with E-state index in [4.69, 9.17) is 11.6 Å². The maximum absolute atomic E-state index is 12.3. The van der Waals surface area contributed by atoms with Crippen LogP contribution >= 0.6 is 11.6 Å². The maximum Gasteiger partial charge on any atom is 0.573 e. The summed E-state index contributed by atoms with van der Waals surface area (Å²) < 4.78 is 40.6. The molecule has 11 heteroatoms. The second kappa shape index (κ2) is 8.42. The van der Waals surface area contributed by atoms with Crippen molar-refractivity contribution in [3.05, 3.63) is 50.9 Å². The van der Waals surface area contributed by atoms with Gasteiger partial charge in [-0.3, -0.25) is 9.59 Å². The molecule has 1 aliphatic rings. The van der Waals surface area contributed by atoms with E-state index in [0.29, 0.717) is 18.5 Å². The topological polar surface area (TPSA) is 96.1 Å². The molecule has 2 heterocycles. The zero-order valence-corrected chi connectivity index (χ0v) is 16.0. The van der Waals surface area contributed by atoms with E-state index >= 15 is 0 Å². The van der Waals surface area contributed by atoms with Crippen LogP contribution in [0.4, 0.5) is 18.9 Å². The Kier molecular flexibility index (Phi) is 6.13. The number of aromatic nitrogens is 2. The number of hydrogen-bond donors (Lipinski definition) is 3. The molecule has 3 N–H and O–H groups in total. The number of ether oxygens (including phenoxy) is 1. The number of anilines is 1. The maximum atomic E-state index is 12.3. The molecule has 0 saturated carbocycles. The minimum atomic E-state index is -4.85. The van der Waals surface area contributed by atoms with Crippen LogP contribution in [0, 0.1) is 0 Å². The summed E-state index contributed by atoms with van der Waals surface area (Å²) in [5.74, 6) is -0.884. The summed E-state index contributed by atoms with van der Waals surface area (Å²) in [5, 5.41) is 12.2. The molecule has 2 aromatic rings. The summed E-state index contributed by atoms with van der Waals surface area (Å²) >= 11 is 5.78. The molecule has 1 aliphatic heterocycles. The van der Waals surface area contributed by atoms with Crippen molar-refractivity contribution in [2.75, 3.05) is 5.32 Å². The number of hydrogen-bond acceptors (Lipinski definition) is 5. The molecule has 7 nitrogen and oxygen atoms in total. The van der Waals surface area contributed by atoms with Crippen LogP contribution < -0.4 is 20.9 Å². The minimum absolute atomic E-state index is 0.124. The summed E-state index contributed by atoms with van der Waals surface area (Å²) in [5.41, 5.74) is 1.52. The van der Waals surface area contributed by atoms with Gasteiger partial charge in [0, 0.05) is 24.2 Å². The van der Waals surface area contributed by atoms with Crippen LogP contribution in [0.1, 0.15) is 37.1 Å². The van der Waals surface area contributed by atoms with E-state index in [-0.39, 0.29) is 40.7 Å². The standard InChI is InChI=1S/C18H18ClF3N4O3/c1-9-6-10-7-16(28)25-26-17(10)13(23-9)3-5-15(27)24-11-2-4-14(12(19)8-11)29-18(20,21)22/h2,4,7-9,13,23H,3,5-6H2,1H3,(H,24,27)(H,25,28). The minimum Gasteiger partial charge on any atom is -0.404 e. The number of nitrogens with one attached hydrogen (secondary N) is 3. The molecule has 0 bridgehead atoms. The van der Waals surface area contributed by atoms with Crippen LogP contribution in [-0.4, -0.2) is 28.5 Å². The number of aromatic amines is 1. The van der Waals surface area contributed by atoms with Gasteiger partial charge in [-0.1, -0.05) is 11.6 Å². The molecule has 156 valence electrons. The first-order valence-electron chi connectivity index (χ1n) is 8.80. The van der Waals surface area contributed by atoms with Crippen molar-refractivity contribution in [2.24, 2.45) is 0 Å². The predicted octanol–water partition coefficient (Wildman–Crippen LogP) is 3.32. The smallest absolute Gasteiger partial charge is 0.404 e. The SMILES string of the molecule is CC1Cc2cc(=O)[nH]nc2C(CCC(=O)Nc2ccc(OC(F)(F)F)c(Cl)c2)N1. The first kappa shape index (κ1) is 21.1. The number of carbonyl (C=O) groups excluding carboxylic acids is 1. The Hall–Kier alpha value is -2.59. The third-order valence-electron chi connectivity index (χ3n) is 4.36. The molecule has 29 heavy (non-hydrogen) atoms. The highest BCUT2D eigenvalue weighted by Crippen LogP contribution is 2.32. The van der Waals surface area contributed by atoms with Gasteiger partial charge in [0.05, 0.1) is 16.8 Å². The number of rotatable bonds is 5. The van der Waals surface area contributed by atoms with Crippen LogP contribution in [0.5, 0.6) is 5.75 Å². The van der Waals surface area contributed by atoms with Gasteiger partial charge >= 0.3 is 6.36 Å². The monoisotopic (exact) mass is 430 g/mol. The van der Waals surface area contributed by atoms with E-state index in [0.717, 1.165) is 11.6 Å². The quantitative estimate of drug-likeness (QED) is 0.676. The van der Waals surface area contributed by atoms with Gasteiger partial charge in [0.15, 0.2) is 0 Å². The Morgan fingerprint density at radius 3 is 2.83 bits per heavy atom. The Labute approximate surface area is 168 Å². The van der Waals surface area contributed by atoms with Crippen molar-refractivity contribution in [1.82, 2.24) is 15.5 Å². The van der Waals surface area contributed by atoms with E-state index in [9.17, 15) is 22.8 Å². The first-order valence-corrected chi connectivity index (χ1v) is 9.18. The van der Waals surface area contributed by atoms with E-state index in [2.05, 4.69) is 25.6 Å². The number of H-pyrrole nitrogens is 1. The molecular weight excluding hydrogens is 413 g/mol. The number of halogens is 4. The third-order valence-corrected chi connectivity index (χ3v) is 4.66. The highest BCUT2D eigenvalue weighted by atomic mass is 35.5. The van der Waals surface area contributed by atoms with Crippen molar-refractivity contribution >= 4 is 23.2 Å². The number of fused-ring (bicyclic) bond motifs is 1. The fraction of sp³-hybridized carbons (Fsp3) is 0.389. The van der Waals surface area contributed by atoms with Gasteiger partial charge in [-0.2, -0.15) is 5.10 Å². The molecule has 3 rings (SSSR count). The van der Waals surface area contributed by atoms with Gasteiger partial charge in [0.1, 0.15) is 5.75 Å². The van der Waals surface area contributed by atoms with Crippen molar-refractivity contribution in [3.63, 3.8) is 0 Å². The molecule has 1 amide bonds. The lowest BCUT2D eigenvalue weighted by molar-refractivity contribution is -0.274. The van der Waals surface area contributed by atoms with Gasteiger partial charge < -0.3 is 15.4 Å². The number of nitrogens with zero attached hydrogens (tertiary/aromatic N) is 1. The van der Waals surface area contributed by atoms with E-state index < -0.39 is 12.1 Å². The molecule has 2 unspecified atom stereocenters. The normalized spacial score (nSPS) is 18.8. The van der Waals surface area contributed by atoms with Crippen molar-refractivity contribution < 1.29 is 22.7 Å². The van der Waals surface area contributed by atoms with Crippen molar-refractivity contribution in [3.8, 4) is 5.75 Å². The van der Waals surface area contributed by atoms with E-state index in [1.54, 1.807) is 0 Å². The fourth-order valence-electron chi connectivity index (χ4n) is 3.23. The average Bonchev–Trinajstić information content (AvgIpc) is 2.60. The van der Waals surface area contributed by atoms with Crippen molar-refractivity contribution in [1.29, 1.82) is 0 Å². The van der Waals surface area contributed by atoms with Gasteiger partial charge in [0.25, 0.3) is 5.56 Å². The summed E-state index contributed by atoms with van der Waals surface area (Å²) in [6.45, 7) is 1.98. The Morgan fingerprint density at radius 2 is 2.14 bits per heavy atom. The van der Waals surface area contributed by atoms with Crippen LogP contribution in [0.2, 0.25) is 5.02 Å². The van der Waals surface area contributed by atoms with Crippen LogP contribution in [0.15, 0.2) is 29.1 Å². The van der Waals surface area contributed by atoms with Crippen molar-refractivity contribution in [2.45, 2.75) is 44.6 Å². The summed E-state index contributed by atoms with van der Waals surface area (Å²) in [6.07, 6.45) is -3.64. The van der Waals surface area contributed by atoms with Crippen LogP contribution in [0.3, 0.4) is 0 Å². The molecule has 0 spiro atoms. The highest BCUT2D eigenvalue weighted by molar-refractivity contribution is 6.32. The second-order valence-corrected chi connectivity index (χ2v) is 7.15. The molecule has 1 aromatic heterocycles. The Bertz CT molecular complexity index is 964. The first-order chi connectivity index (χ1) is 13.6. The van der Waals surface area contributed by atoms with Crippen LogP contribution in [0.25, 0.3) is 0 Å². The molecule has 0 fully saturated rings. The van der Waals surface area contributed by atoms with E-state index in [1.807, 2.05) is 6.92 Å². The lowest BCUT2D eigenvalue weighted by Gasteiger charge is -2.29. The lowest BCUT2D eigenvalue weighted by atomic mass is 9.93. The summed E-state index contributed by atoms with van der Waals surface area (Å²) in [4.78, 5) is 23.7. The number of benzene rings is 1. The van der Waals surface area contributed by atoms with E-state index in [1.165, 1.54) is 18.2 Å². The molecule has 0 radical (unpaired) electrons. The zero-order chi connectivity index (χ0) is 21.2. The Balaban J connectivity index is 1.61.